The molecule has 3 rings (SSSR count). The maximum Gasteiger partial charge on any atom is 0.458 e. The van der Waals surface area contributed by atoms with Crippen molar-refractivity contribution in [3.63, 3.8) is 0 Å². The zero-order valence-corrected chi connectivity index (χ0v) is 14.3. The van der Waals surface area contributed by atoms with Gasteiger partial charge in [0.2, 0.25) is 0 Å². The molecule has 0 unspecified atom stereocenters. The molecule has 26 heavy (non-hydrogen) atoms. The topological polar surface area (TPSA) is 22.0 Å². The van der Waals surface area contributed by atoms with Gasteiger partial charge >= 0.3 is 6.18 Å². The van der Waals surface area contributed by atoms with Crippen LogP contribution < -0.4 is 5.56 Å². The van der Waals surface area contributed by atoms with Crippen LogP contribution in [0.1, 0.15) is 31.0 Å². The third-order valence-corrected chi connectivity index (χ3v) is 4.02. The molecule has 0 fully saturated rings. The van der Waals surface area contributed by atoms with Gasteiger partial charge in [-0.1, -0.05) is 50.1 Å². The van der Waals surface area contributed by atoms with Gasteiger partial charge in [0, 0.05) is 22.9 Å². The number of nitrogens with zero attached hydrogens (tertiary/aromatic N) is 1. The molecule has 3 aromatic rings. The van der Waals surface area contributed by atoms with Crippen LogP contribution in [-0.4, -0.2) is 10.7 Å². The van der Waals surface area contributed by atoms with Crippen molar-refractivity contribution in [2.24, 2.45) is 0 Å². The Labute approximate surface area is 148 Å². The Morgan fingerprint density at radius 2 is 1.69 bits per heavy atom. The number of benzene rings is 2. The van der Waals surface area contributed by atoms with Crippen molar-refractivity contribution in [2.45, 2.75) is 25.9 Å². The number of para-hydroxylation sites is 1. The van der Waals surface area contributed by atoms with Gasteiger partial charge in [-0.25, -0.2) is 0 Å². The molecule has 132 valence electrons. The smallest absolute Gasteiger partial charge is 0.280 e. The first-order chi connectivity index (χ1) is 12.3. The Morgan fingerprint density at radius 1 is 1.00 bits per heavy atom. The Balaban J connectivity index is 2.40. The van der Waals surface area contributed by atoms with Crippen LogP contribution >= 0.6 is 0 Å². The highest BCUT2D eigenvalue weighted by atomic mass is 19.4. The summed E-state index contributed by atoms with van der Waals surface area (Å²) in [7, 11) is 0. The molecule has 0 N–H and O–H groups in total. The number of hydrogen-bond acceptors (Lipinski definition) is 1. The monoisotopic (exact) mass is 355 g/mol. The van der Waals surface area contributed by atoms with E-state index in [-0.39, 0.29) is 22.4 Å². The fourth-order valence-electron chi connectivity index (χ4n) is 2.89. The predicted octanol–water partition coefficient (Wildman–Crippen LogP) is 5.03. The fraction of sp³-hybridized carbons (Fsp3) is 0.190. The van der Waals surface area contributed by atoms with Crippen LogP contribution in [0.3, 0.4) is 0 Å². The van der Waals surface area contributed by atoms with E-state index in [2.05, 4.69) is 5.92 Å². The van der Waals surface area contributed by atoms with Crippen molar-refractivity contribution >= 4 is 10.8 Å². The largest absolute Gasteiger partial charge is 0.458 e. The molecule has 0 radical (unpaired) electrons. The summed E-state index contributed by atoms with van der Waals surface area (Å²) in [5.74, 6) is 3.42. The maximum absolute atomic E-state index is 13.2. The number of halogens is 3. The van der Waals surface area contributed by atoms with Crippen LogP contribution in [0.25, 0.3) is 16.5 Å². The number of rotatable bonds is 2. The highest BCUT2D eigenvalue weighted by Crippen LogP contribution is 2.24. The van der Waals surface area contributed by atoms with Crippen LogP contribution in [0.2, 0.25) is 0 Å². The summed E-state index contributed by atoms with van der Waals surface area (Å²) in [4.78, 5) is 13.2. The summed E-state index contributed by atoms with van der Waals surface area (Å²) in [6.45, 7) is 3.93. The summed E-state index contributed by atoms with van der Waals surface area (Å²) >= 11 is 0. The lowest BCUT2D eigenvalue weighted by Crippen LogP contribution is -2.23. The number of alkyl halides is 3. The van der Waals surface area contributed by atoms with Crippen molar-refractivity contribution < 1.29 is 13.2 Å². The quantitative estimate of drug-likeness (QED) is 0.591. The van der Waals surface area contributed by atoms with E-state index in [0.29, 0.717) is 11.1 Å². The number of pyridine rings is 1. The lowest BCUT2D eigenvalue weighted by molar-refractivity contribution is -0.0696. The van der Waals surface area contributed by atoms with Crippen LogP contribution in [0.4, 0.5) is 13.2 Å². The van der Waals surface area contributed by atoms with E-state index in [4.69, 9.17) is 0 Å². The minimum absolute atomic E-state index is 0.0530. The Morgan fingerprint density at radius 3 is 2.31 bits per heavy atom. The summed E-state index contributed by atoms with van der Waals surface area (Å²) in [5, 5.41) is 0.775. The molecule has 0 amide bonds. The summed E-state index contributed by atoms with van der Waals surface area (Å²) in [6.07, 6.45) is -4.61. The molecule has 5 heteroatoms. The van der Waals surface area contributed by atoms with Crippen molar-refractivity contribution in [1.82, 2.24) is 4.57 Å². The SMILES string of the molecule is CC(C)c1cc2cccc(C#CC(F)(F)F)c2c(=O)n1-c1ccccc1. The second-order valence-electron chi connectivity index (χ2n) is 6.22. The molecule has 0 aliphatic rings. The summed E-state index contributed by atoms with van der Waals surface area (Å²) < 4.78 is 39.0. The van der Waals surface area contributed by atoms with Crippen molar-refractivity contribution in [3.8, 4) is 17.5 Å². The van der Waals surface area contributed by atoms with Crippen LogP contribution in [0, 0.1) is 11.8 Å². The molecule has 0 saturated carbocycles. The normalized spacial score (nSPS) is 11.5. The molecule has 1 aromatic heterocycles. The third kappa shape index (κ3) is 3.50. The average molecular weight is 355 g/mol. The fourth-order valence-corrected chi connectivity index (χ4v) is 2.89. The lowest BCUT2D eigenvalue weighted by atomic mass is 10.0. The average Bonchev–Trinajstić information content (AvgIpc) is 2.59. The van der Waals surface area contributed by atoms with E-state index in [1.165, 1.54) is 12.0 Å². The van der Waals surface area contributed by atoms with Gasteiger partial charge < -0.3 is 0 Å². The van der Waals surface area contributed by atoms with Gasteiger partial charge in [-0.3, -0.25) is 9.36 Å². The van der Waals surface area contributed by atoms with E-state index in [9.17, 15) is 18.0 Å². The van der Waals surface area contributed by atoms with Gasteiger partial charge in [0.25, 0.3) is 5.56 Å². The number of hydrogen-bond donors (Lipinski definition) is 0. The van der Waals surface area contributed by atoms with Crippen molar-refractivity contribution in [1.29, 1.82) is 0 Å². The highest BCUT2D eigenvalue weighted by Gasteiger charge is 2.23. The zero-order chi connectivity index (χ0) is 18.9. The molecule has 1 heterocycles. The third-order valence-electron chi connectivity index (χ3n) is 4.02. The predicted molar refractivity (Wildman–Crippen MR) is 96.6 cm³/mol. The van der Waals surface area contributed by atoms with Crippen LogP contribution in [-0.2, 0) is 0 Å². The number of fused-ring (bicyclic) bond motifs is 1. The first-order valence-corrected chi connectivity index (χ1v) is 8.12. The Hall–Kier alpha value is -3.00. The molecular formula is C21H16F3NO. The van der Waals surface area contributed by atoms with E-state index >= 15 is 0 Å². The Kier molecular flexibility index (Phi) is 4.60. The van der Waals surface area contributed by atoms with Crippen molar-refractivity contribution in [3.05, 3.63) is 76.2 Å². The highest BCUT2D eigenvalue weighted by molar-refractivity contribution is 5.88. The van der Waals surface area contributed by atoms with Gasteiger partial charge in [-0.2, -0.15) is 13.2 Å². The molecule has 0 atom stereocenters. The second-order valence-corrected chi connectivity index (χ2v) is 6.22. The van der Waals surface area contributed by atoms with Gasteiger partial charge in [0.1, 0.15) is 0 Å². The van der Waals surface area contributed by atoms with Gasteiger partial charge in [0.05, 0.1) is 5.39 Å². The minimum atomic E-state index is -4.61. The van der Waals surface area contributed by atoms with Crippen LogP contribution in [0.5, 0.6) is 0 Å². The summed E-state index contributed by atoms with van der Waals surface area (Å²) in [6, 6.07) is 15.7. The second kappa shape index (κ2) is 6.72. The molecule has 0 bridgehead atoms. The summed E-state index contributed by atoms with van der Waals surface area (Å²) in [5.41, 5.74) is 1.16. The van der Waals surface area contributed by atoms with Crippen LogP contribution in [0.15, 0.2) is 59.4 Å². The first kappa shape index (κ1) is 17.8. The van der Waals surface area contributed by atoms with E-state index < -0.39 is 6.18 Å². The lowest BCUT2D eigenvalue weighted by Gasteiger charge is -2.17. The standard InChI is InChI=1S/C21H16F3NO/c1-14(2)18-13-16-8-6-7-15(11-12-21(22,23)24)19(16)20(26)25(18)17-9-4-3-5-10-17/h3-10,13-14H,1-2H3. The minimum Gasteiger partial charge on any atom is -0.280 e. The van der Waals surface area contributed by atoms with E-state index in [1.807, 2.05) is 38.1 Å². The zero-order valence-electron chi connectivity index (χ0n) is 14.3. The molecule has 0 aliphatic carbocycles. The van der Waals surface area contributed by atoms with Gasteiger partial charge in [-0.15, -0.1) is 0 Å². The Bertz CT molecular complexity index is 1070. The number of aromatic nitrogens is 1. The van der Waals surface area contributed by atoms with E-state index in [0.717, 1.165) is 5.69 Å². The molecule has 2 aromatic carbocycles. The van der Waals surface area contributed by atoms with Gasteiger partial charge in [0.15, 0.2) is 0 Å². The molecule has 2 nitrogen and oxygen atoms in total. The molecule has 0 saturated heterocycles. The first-order valence-electron chi connectivity index (χ1n) is 8.12. The maximum atomic E-state index is 13.2. The van der Waals surface area contributed by atoms with E-state index in [1.54, 1.807) is 28.8 Å². The molecule has 0 aliphatic heterocycles. The van der Waals surface area contributed by atoms with Crippen molar-refractivity contribution in [2.75, 3.05) is 0 Å². The van der Waals surface area contributed by atoms with Gasteiger partial charge in [-0.05, 0) is 35.6 Å². The molecular weight excluding hydrogens is 339 g/mol. The molecule has 0 spiro atoms.